The van der Waals surface area contributed by atoms with Gasteiger partial charge in [0.25, 0.3) is 0 Å². The summed E-state index contributed by atoms with van der Waals surface area (Å²) in [5, 5.41) is 4.78. The van der Waals surface area contributed by atoms with Crippen molar-refractivity contribution in [1.82, 2.24) is 9.78 Å². The van der Waals surface area contributed by atoms with Gasteiger partial charge < -0.3 is 10.5 Å². The van der Waals surface area contributed by atoms with Gasteiger partial charge in [0.2, 0.25) is 0 Å². The second-order valence-corrected chi connectivity index (χ2v) is 3.11. The van der Waals surface area contributed by atoms with E-state index in [9.17, 15) is 0 Å². The molecule has 0 aliphatic carbocycles. The van der Waals surface area contributed by atoms with Crippen molar-refractivity contribution in [2.75, 3.05) is 19.8 Å². The van der Waals surface area contributed by atoms with Crippen LogP contribution in [-0.2, 0) is 11.3 Å². The minimum Gasteiger partial charge on any atom is -0.378 e. The molecule has 74 valence electrons. The van der Waals surface area contributed by atoms with E-state index >= 15 is 0 Å². The van der Waals surface area contributed by atoms with E-state index in [4.69, 9.17) is 22.1 Å². The van der Waals surface area contributed by atoms with Gasteiger partial charge in [-0.1, -0.05) is 11.6 Å². The minimum atomic E-state index is 0.554. The molecule has 0 unspecified atom stereocenters. The van der Waals surface area contributed by atoms with E-state index in [-0.39, 0.29) is 0 Å². The summed E-state index contributed by atoms with van der Waals surface area (Å²) in [5.74, 6) is 0. The van der Waals surface area contributed by atoms with Crippen LogP contribution in [0.3, 0.4) is 0 Å². The first kappa shape index (κ1) is 10.5. The maximum atomic E-state index is 5.83. The van der Waals surface area contributed by atoms with E-state index in [1.54, 1.807) is 6.20 Å². The number of nitrogens with zero attached hydrogens (tertiary/aromatic N) is 2. The molecule has 0 amide bonds. The average Bonchev–Trinajstić information content (AvgIpc) is 2.43. The highest BCUT2D eigenvalue weighted by atomic mass is 35.5. The fraction of sp³-hybridized carbons (Fsp3) is 0.625. The molecule has 0 saturated heterocycles. The van der Waals surface area contributed by atoms with Gasteiger partial charge in [-0.05, 0) is 6.92 Å². The van der Waals surface area contributed by atoms with Crippen LogP contribution in [0.5, 0.6) is 0 Å². The van der Waals surface area contributed by atoms with Gasteiger partial charge in [-0.25, -0.2) is 0 Å². The van der Waals surface area contributed by atoms with Crippen LogP contribution in [-0.4, -0.2) is 29.5 Å². The lowest BCUT2D eigenvalue weighted by Crippen LogP contribution is -2.13. The number of hydrogen-bond donors (Lipinski definition) is 1. The third kappa shape index (κ3) is 2.99. The second kappa shape index (κ2) is 5.21. The van der Waals surface area contributed by atoms with Crippen molar-refractivity contribution in [2.45, 2.75) is 13.5 Å². The second-order valence-electron chi connectivity index (χ2n) is 2.70. The SMILES string of the molecule is Cc1c(Cl)cnn1CCOCCN. The molecule has 4 nitrogen and oxygen atoms in total. The highest BCUT2D eigenvalue weighted by Crippen LogP contribution is 2.12. The maximum absolute atomic E-state index is 5.83. The van der Waals surface area contributed by atoms with Gasteiger partial charge in [0.1, 0.15) is 0 Å². The summed E-state index contributed by atoms with van der Waals surface area (Å²) in [6.45, 7) is 4.42. The molecule has 2 N–H and O–H groups in total. The van der Waals surface area contributed by atoms with E-state index in [0.29, 0.717) is 24.8 Å². The third-order valence-corrected chi connectivity index (χ3v) is 2.12. The molecule has 0 spiro atoms. The predicted octanol–water partition coefficient (Wildman–Crippen LogP) is 0.820. The van der Waals surface area contributed by atoms with Crippen LogP contribution >= 0.6 is 11.6 Å². The summed E-state index contributed by atoms with van der Waals surface area (Å²) in [7, 11) is 0. The van der Waals surface area contributed by atoms with Crippen LogP contribution in [0.25, 0.3) is 0 Å². The lowest BCUT2D eigenvalue weighted by molar-refractivity contribution is 0.130. The van der Waals surface area contributed by atoms with Gasteiger partial charge in [0, 0.05) is 6.54 Å². The Morgan fingerprint density at radius 3 is 2.92 bits per heavy atom. The van der Waals surface area contributed by atoms with Crippen LogP contribution in [0.4, 0.5) is 0 Å². The molecule has 0 bridgehead atoms. The van der Waals surface area contributed by atoms with Crippen LogP contribution in [0.1, 0.15) is 5.69 Å². The topological polar surface area (TPSA) is 53.1 Å². The van der Waals surface area contributed by atoms with Crippen LogP contribution < -0.4 is 5.73 Å². The molecule has 1 rings (SSSR count). The van der Waals surface area contributed by atoms with Gasteiger partial charge >= 0.3 is 0 Å². The number of nitrogens with two attached hydrogens (primary N) is 1. The molecule has 0 aliphatic rings. The Morgan fingerprint density at radius 2 is 2.38 bits per heavy atom. The minimum absolute atomic E-state index is 0.554. The van der Waals surface area contributed by atoms with Crippen molar-refractivity contribution in [1.29, 1.82) is 0 Å². The highest BCUT2D eigenvalue weighted by Gasteiger charge is 2.02. The van der Waals surface area contributed by atoms with E-state index < -0.39 is 0 Å². The Labute approximate surface area is 82.6 Å². The summed E-state index contributed by atoms with van der Waals surface area (Å²) >= 11 is 5.83. The van der Waals surface area contributed by atoms with Gasteiger partial charge in [-0.3, -0.25) is 4.68 Å². The first-order chi connectivity index (χ1) is 6.25. The summed E-state index contributed by atoms with van der Waals surface area (Å²) < 4.78 is 7.04. The van der Waals surface area contributed by atoms with Gasteiger partial charge in [-0.2, -0.15) is 5.10 Å². The van der Waals surface area contributed by atoms with Crippen molar-refractivity contribution in [3.8, 4) is 0 Å². The van der Waals surface area contributed by atoms with E-state index in [0.717, 1.165) is 12.2 Å². The average molecular weight is 204 g/mol. The zero-order valence-corrected chi connectivity index (χ0v) is 8.42. The molecule has 0 saturated carbocycles. The highest BCUT2D eigenvalue weighted by molar-refractivity contribution is 6.31. The van der Waals surface area contributed by atoms with Gasteiger partial charge in [-0.15, -0.1) is 0 Å². The Morgan fingerprint density at radius 1 is 1.62 bits per heavy atom. The zero-order chi connectivity index (χ0) is 9.68. The maximum Gasteiger partial charge on any atom is 0.0814 e. The molecule has 0 atom stereocenters. The number of ether oxygens (including phenoxy) is 1. The van der Waals surface area contributed by atoms with Crippen molar-refractivity contribution in [3.05, 3.63) is 16.9 Å². The lowest BCUT2D eigenvalue weighted by atomic mass is 10.5. The molecule has 1 aromatic rings. The summed E-state index contributed by atoms with van der Waals surface area (Å²) in [5.41, 5.74) is 6.24. The molecule has 0 aliphatic heterocycles. The summed E-state index contributed by atoms with van der Waals surface area (Å²) in [6.07, 6.45) is 1.64. The van der Waals surface area contributed by atoms with Crippen molar-refractivity contribution in [3.63, 3.8) is 0 Å². The number of halogens is 1. The van der Waals surface area contributed by atoms with Crippen molar-refractivity contribution in [2.24, 2.45) is 5.73 Å². The molecule has 1 aromatic heterocycles. The molecule has 1 heterocycles. The van der Waals surface area contributed by atoms with E-state index in [1.807, 2.05) is 11.6 Å². The summed E-state index contributed by atoms with van der Waals surface area (Å²) in [6, 6.07) is 0. The first-order valence-corrected chi connectivity index (χ1v) is 4.59. The number of hydrogen-bond acceptors (Lipinski definition) is 3. The Hall–Kier alpha value is -0.580. The molecule has 0 radical (unpaired) electrons. The smallest absolute Gasteiger partial charge is 0.0814 e. The molecule has 5 heteroatoms. The normalized spacial score (nSPS) is 10.7. The Balaban J connectivity index is 2.32. The van der Waals surface area contributed by atoms with E-state index in [1.165, 1.54) is 0 Å². The fourth-order valence-electron chi connectivity index (χ4n) is 0.986. The van der Waals surface area contributed by atoms with Crippen LogP contribution in [0.15, 0.2) is 6.20 Å². The van der Waals surface area contributed by atoms with Crippen molar-refractivity contribution >= 4 is 11.6 Å². The number of rotatable bonds is 5. The Kier molecular flexibility index (Phi) is 4.21. The standard InChI is InChI=1S/C8H14ClN3O/c1-7-8(9)6-11-12(7)3-5-13-4-2-10/h6H,2-5,10H2,1H3. The Bertz CT molecular complexity index is 262. The van der Waals surface area contributed by atoms with Crippen LogP contribution in [0, 0.1) is 6.92 Å². The van der Waals surface area contributed by atoms with E-state index in [2.05, 4.69) is 5.10 Å². The number of aromatic nitrogens is 2. The quantitative estimate of drug-likeness (QED) is 0.721. The molecular weight excluding hydrogens is 190 g/mol. The molecule has 0 aromatic carbocycles. The predicted molar refractivity (Wildman–Crippen MR) is 51.8 cm³/mol. The third-order valence-electron chi connectivity index (χ3n) is 1.75. The zero-order valence-electron chi connectivity index (χ0n) is 7.66. The molecular formula is C8H14ClN3O. The molecule has 0 fully saturated rings. The van der Waals surface area contributed by atoms with Crippen LogP contribution in [0.2, 0.25) is 5.02 Å². The largest absolute Gasteiger partial charge is 0.378 e. The molecule has 13 heavy (non-hydrogen) atoms. The van der Waals surface area contributed by atoms with Gasteiger partial charge in [0.05, 0.1) is 36.7 Å². The first-order valence-electron chi connectivity index (χ1n) is 4.21. The summed E-state index contributed by atoms with van der Waals surface area (Å²) in [4.78, 5) is 0. The lowest BCUT2D eigenvalue weighted by Gasteiger charge is -2.04. The van der Waals surface area contributed by atoms with Gasteiger partial charge in [0.15, 0.2) is 0 Å². The fourth-order valence-corrected chi connectivity index (χ4v) is 1.13. The van der Waals surface area contributed by atoms with Crippen molar-refractivity contribution < 1.29 is 4.74 Å². The monoisotopic (exact) mass is 203 g/mol.